The third kappa shape index (κ3) is 13.6. The third-order valence-corrected chi connectivity index (χ3v) is 2.87. The maximum absolute atomic E-state index is 11.1. The van der Waals surface area contributed by atoms with Crippen LogP contribution >= 0.6 is 0 Å². The molecule has 0 aliphatic carbocycles. The summed E-state index contributed by atoms with van der Waals surface area (Å²) in [6.45, 7) is 15.2. The van der Waals surface area contributed by atoms with E-state index in [4.69, 9.17) is 9.47 Å². The van der Waals surface area contributed by atoms with Crippen molar-refractivity contribution in [3.05, 3.63) is 60.7 Å². The molecule has 0 bridgehead atoms. The molecule has 0 spiro atoms. The van der Waals surface area contributed by atoms with Crippen molar-refractivity contribution < 1.29 is 19.1 Å². The Morgan fingerprint density at radius 1 is 0.571 bits per heavy atom. The van der Waals surface area contributed by atoms with Crippen molar-refractivity contribution in [1.82, 2.24) is 0 Å². The van der Waals surface area contributed by atoms with E-state index in [0.29, 0.717) is 11.5 Å². The highest BCUT2D eigenvalue weighted by Gasteiger charge is 2.09. The summed E-state index contributed by atoms with van der Waals surface area (Å²) in [6.07, 6.45) is 0. The Labute approximate surface area is 170 Å². The molecule has 0 heterocycles. The summed E-state index contributed by atoms with van der Waals surface area (Å²) in [7, 11) is 0. The second-order valence-electron chi connectivity index (χ2n) is 5.78. The van der Waals surface area contributed by atoms with Crippen molar-refractivity contribution in [2.75, 3.05) is 0 Å². The second-order valence-corrected chi connectivity index (χ2v) is 5.78. The second kappa shape index (κ2) is 17.8. The highest BCUT2D eigenvalue weighted by atomic mass is 16.5. The van der Waals surface area contributed by atoms with Crippen LogP contribution in [0.15, 0.2) is 60.7 Å². The number of rotatable bonds is 4. The Morgan fingerprint density at radius 3 is 1.04 bits per heavy atom. The number of esters is 2. The highest BCUT2D eigenvalue weighted by molar-refractivity contribution is 5.74. The molecule has 0 aromatic heterocycles. The number of carbonyl (C=O) groups is 2. The average Bonchev–Trinajstić information content (AvgIpc) is 2.73. The summed E-state index contributed by atoms with van der Waals surface area (Å²) in [5.74, 6) is 0.671. The van der Waals surface area contributed by atoms with Crippen molar-refractivity contribution in [1.29, 1.82) is 0 Å². The van der Waals surface area contributed by atoms with Gasteiger partial charge in [-0.3, -0.25) is 9.59 Å². The molecule has 0 fully saturated rings. The average molecular weight is 389 g/mol. The summed E-state index contributed by atoms with van der Waals surface area (Å²) >= 11 is 0. The van der Waals surface area contributed by atoms with Gasteiger partial charge in [-0.25, -0.2) is 0 Å². The zero-order valence-corrected chi connectivity index (χ0v) is 18.6. The van der Waals surface area contributed by atoms with Crippen LogP contribution in [0.5, 0.6) is 11.5 Å². The molecule has 28 heavy (non-hydrogen) atoms. The van der Waals surface area contributed by atoms with E-state index in [1.54, 1.807) is 24.3 Å². The van der Waals surface area contributed by atoms with Gasteiger partial charge in [-0.2, -0.15) is 0 Å². The first-order valence-corrected chi connectivity index (χ1v) is 9.93. The van der Waals surface area contributed by atoms with Crippen LogP contribution in [-0.4, -0.2) is 11.9 Å². The number of hydrogen-bond acceptors (Lipinski definition) is 4. The summed E-state index contributed by atoms with van der Waals surface area (Å²) in [5.41, 5.74) is 0. The van der Waals surface area contributed by atoms with Gasteiger partial charge in [-0.15, -0.1) is 0 Å². The van der Waals surface area contributed by atoms with Gasteiger partial charge >= 0.3 is 11.9 Å². The molecule has 0 aliphatic rings. The van der Waals surface area contributed by atoms with E-state index in [1.165, 1.54) is 0 Å². The Hall–Kier alpha value is -2.62. The minimum absolute atomic E-state index is 0.0785. The lowest BCUT2D eigenvalue weighted by Gasteiger charge is -2.05. The van der Waals surface area contributed by atoms with Crippen LogP contribution in [-0.2, 0) is 9.59 Å². The van der Waals surface area contributed by atoms with Gasteiger partial charge in [0.1, 0.15) is 11.5 Å². The SMILES string of the molecule is CC.CC.CC(C)C(=O)Oc1ccccc1.CC(C)C(=O)Oc1ccccc1. The molecule has 0 saturated carbocycles. The lowest BCUT2D eigenvalue weighted by molar-refractivity contribution is -0.138. The van der Waals surface area contributed by atoms with Crippen LogP contribution in [0.25, 0.3) is 0 Å². The van der Waals surface area contributed by atoms with Gasteiger partial charge in [0, 0.05) is 0 Å². The quantitative estimate of drug-likeness (QED) is 0.440. The van der Waals surface area contributed by atoms with Crippen LogP contribution < -0.4 is 9.47 Å². The van der Waals surface area contributed by atoms with Crippen LogP contribution in [0.1, 0.15) is 55.4 Å². The van der Waals surface area contributed by atoms with Gasteiger partial charge in [0.25, 0.3) is 0 Å². The molecule has 2 aromatic carbocycles. The van der Waals surface area contributed by atoms with Crippen molar-refractivity contribution in [2.24, 2.45) is 11.8 Å². The van der Waals surface area contributed by atoms with Crippen LogP contribution in [0, 0.1) is 11.8 Å². The van der Waals surface area contributed by atoms with Gasteiger partial charge < -0.3 is 9.47 Å². The molecule has 2 aromatic rings. The van der Waals surface area contributed by atoms with Crippen LogP contribution in [0.4, 0.5) is 0 Å². The first kappa shape index (κ1) is 27.6. The number of carbonyl (C=O) groups excluding carboxylic acids is 2. The zero-order chi connectivity index (χ0) is 21.9. The van der Waals surface area contributed by atoms with Gasteiger partial charge in [0.2, 0.25) is 0 Å². The summed E-state index contributed by atoms with van der Waals surface area (Å²) in [5, 5.41) is 0. The Balaban J connectivity index is 0. The van der Waals surface area contributed by atoms with E-state index in [1.807, 2.05) is 91.8 Å². The fourth-order valence-electron chi connectivity index (χ4n) is 1.45. The molecule has 0 amide bonds. The van der Waals surface area contributed by atoms with E-state index in [0.717, 1.165) is 0 Å². The van der Waals surface area contributed by atoms with Gasteiger partial charge in [-0.05, 0) is 24.3 Å². The fraction of sp³-hybridized carbons (Fsp3) is 0.417. The largest absolute Gasteiger partial charge is 0.426 e. The standard InChI is InChI=1S/2C10H12O2.2C2H6/c2*1-8(2)10(11)12-9-6-4-3-5-7-9;2*1-2/h2*3-8H,1-2H3;2*1-2H3. The Bertz CT molecular complexity index is 562. The molecular weight excluding hydrogens is 352 g/mol. The summed E-state index contributed by atoms with van der Waals surface area (Å²) in [6, 6.07) is 18.2. The minimum atomic E-state index is -0.193. The van der Waals surface area contributed by atoms with Crippen LogP contribution in [0.2, 0.25) is 0 Å². The third-order valence-electron chi connectivity index (χ3n) is 2.87. The molecule has 4 nitrogen and oxygen atoms in total. The first-order chi connectivity index (χ1) is 13.4. The lowest BCUT2D eigenvalue weighted by atomic mass is 10.2. The maximum Gasteiger partial charge on any atom is 0.313 e. The molecule has 0 unspecified atom stereocenters. The Morgan fingerprint density at radius 2 is 0.821 bits per heavy atom. The molecule has 2 rings (SSSR count). The molecule has 0 atom stereocenters. The zero-order valence-electron chi connectivity index (χ0n) is 18.6. The molecule has 0 aliphatic heterocycles. The van der Waals surface area contributed by atoms with Crippen molar-refractivity contribution in [3.63, 3.8) is 0 Å². The molecule has 0 N–H and O–H groups in total. The predicted molar refractivity (Wildman–Crippen MR) is 117 cm³/mol. The maximum atomic E-state index is 11.1. The summed E-state index contributed by atoms with van der Waals surface area (Å²) < 4.78 is 10.1. The normalized spacial score (nSPS) is 8.93. The smallest absolute Gasteiger partial charge is 0.313 e. The summed E-state index contributed by atoms with van der Waals surface area (Å²) in [4.78, 5) is 22.2. The van der Waals surface area contributed by atoms with Crippen molar-refractivity contribution in [2.45, 2.75) is 55.4 Å². The number of hydrogen-bond donors (Lipinski definition) is 0. The number of ether oxygens (including phenoxy) is 2. The van der Waals surface area contributed by atoms with Gasteiger partial charge in [0.15, 0.2) is 0 Å². The van der Waals surface area contributed by atoms with Gasteiger partial charge in [0.05, 0.1) is 11.8 Å². The minimum Gasteiger partial charge on any atom is -0.426 e. The molecule has 4 heteroatoms. The monoisotopic (exact) mass is 388 g/mol. The molecule has 0 saturated heterocycles. The lowest BCUT2D eigenvalue weighted by Crippen LogP contribution is -2.14. The Kier molecular flexibility index (Phi) is 17.5. The van der Waals surface area contributed by atoms with Gasteiger partial charge in [-0.1, -0.05) is 91.8 Å². The molecule has 0 radical (unpaired) electrons. The predicted octanol–water partition coefficient (Wildman–Crippen LogP) is 6.55. The number of para-hydroxylation sites is 2. The van der Waals surface area contributed by atoms with E-state index < -0.39 is 0 Å². The van der Waals surface area contributed by atoms with Crippen molar-refractivity contribution >= 4 is 11.9 Å². The topological polar surface area (TPSA) is 52.6 Å². The fourth-order valence-corrected chi connectivity index (χ4v) is 1.45. The highest BCUT2D eigenvalue weighted by Crippen LogP contribution is 2.11. The van der Waals surface area contributed by atoms with Crippen LogP contribution in [0.3, 0.4) is 0 Å². The van der Waals surface area contributed by atoms with E-state index in [-0.39, 0.29) is 23.8 Å². The number of benzene rings is 2. The van der Waals surface area contributed by atoms with E-state index in [2.05, 4.69) is 0 Å². The molecular formula is C24H36O4. The van der Waals surface area contributed by atoms with E-state index >= 15 is 0 Å². The first-order valence-electron chi connectivity index (χ1n) is 9.93. The van der Waals surface area contributed by atoms with Crippen molar-refractivity contribution in [3.8, 4) is 11.5 Å². The molecule has 156 valence electrons. The van der Waals surface area contributed by atoms with E-state index in [9.17, 15) is 9.59 Å².